The molecule has 0 spiro atoms. The van der Waals surface area contributed by atoms with Crippen LogP contribution < -0.4 is 11.1 Å². The quantitative estimate of drug-likeness (QED) is 0.665. The van der Waals surface area contributed by atoms with Crippen LogP contribution in [0, 0.1) is 0 Å². The Hall–Kier alpha value is -1.40. The minimum Gasteiger partial charge on any atom is -0.378 e. The Morgan fingerprint density at radius 2 is 2.00 bits per heavy atom. The molecule has 2 atom stereocenters. The molecule has 0 saturated carbocycles. The third-order valence-electron chi connectivity index (χ3n) is 3.60. The number of ether oxygens (including phenoxy) is 1. The second kappa shape index (κ2) is 5.54. The normalized spacial score (nSPS) is 20.4. The standard InChI is InChI=1S/C14H15BrN2O3/c15-10(7-9-2-1-5-20-9)8-3-4-11-12(6-8)17-14(19)13(18)16-11/h3-4,6,9-10H,1-2,5,7H2,(H,16,18)(H,17,19). The number of alkyl halides is 1. The highest BCUT2D eigenvalue weighted by molar-refractivity contribution is 9.09. The van der Waals surface area contributed by atoms with Crippen molar-refractivity contribution in [2.75, 3.05) is 6.61 Å². The van der Waals surface area contributed by atoms with Gasteiger partial charge in [0.15, 0.2) is 0 Å². The van der Waals surface area contributed by atoms with Crippen molar-refractivity contribution < 1.29 is 4.74 Å². The van der Waals surface area contributed by atoms with E-state index in [0.29, 0.717) is 17.1 Å². The first-order chi connectivity index (χ1) is 9.63. The maximum Gasteiger partial charge on any atom is 0.314 e. The molecule has 2 unspecified atom stereocenters. The second-order valence-electron chi connectivity index (χ2n) is 5.05. The predicted molar refractivity (Wildman–Crippen MR) is 80.4 cm³/mol. The van der Waals surface area contributed by atoms with Crippen LogP contribution in [-0.2, 0) is 4.74 Å². The van der Waals surface area contributed by atoms with Crippen LogP contribution in [0.4, 0.5) is 0 Å². The molecule has 20 heavy (non-hydrogen) atoms. The van der Waals surface area contributed by atoms with Crippen molar-refractivity contribution in [1.29, 1.82) is 0 Å². The van der Waals surface area contributed by atoms with Gasteiger partial charge in [-0.1, -0.05) is 22.0 Å². The summed E-state index contributed by atoms with van der Waals surface area (Å²) >= 11 is 3.67. The molecule has 2 heterocycles. The molecule has 1 aliphatic heterocycles. The van der Waals surface area contributed by atoms with Gasteiger partial charge in [-0.25, -0.2) is 0 Å². The summed E-state index contributed by atoms with van der Waals surface area (Å²) in [5.74, 6) is 0. The number of H-pyrrole nitrogens is 2. The van der Waals surface area contributed by atoms with Crippen LogP contribution in [0.3, 0.4) is 0 Å². The Balaban J connectivity index is 1.89. The maximum absolute atomic E-state index is 11.4. The summed E-state index contributed by atoms with van der Waals surface area (Å²) in [5.41, 5.74) is 1.09. The van der Waals surface area contributed by atoms with Crippen molar-refractivity contribution in [3.8, 4) is 0 Å². The minimum absolute atomic E-state index is 0.172. The fourth-order valence-electron chi connectivity index (χ4n) is 2.52. The molecule has 0 aliphatic carbocycles. The lowest BCUT2D eigenvalue weighted by atomic mass is 10.0. The number of hydrogen-bond donors (Lipinski definition) is 2. The van der Waals surface area contributed by atoms with Gasteiger partial charge in [-0.2, -0.15) is 0 Å². The third kappa shape index (κ3) is 2.71. The van der Waals surface area contributed by atoms with E-state index in [0.717, 1.165) is 31.4 Å². The van der Waals surface area contributed by atoms with Crippen LogP contribution >= 0.6 is 15.9 Å². The molecule has 0 bridgehead atoms. The summed E-state index contributed by atoms with van der Waals surface area (Å²) in [7, 11) is 0. The van der Waals surface area contributed by atoms with Crippen molar-refractivity contribution >= 4 is 27.0 Å². The molecule has 1 aromatic carbocycles. The van der Waals surface area contributed by atoms with Crippen LogP contribution in [-0.4, -0.2) is 22.7 Å². The zero-order valence-electron chi connectivity index (χ0n) is 10.8. The maximum atomic E-state index is 11.4. The van der Waals surface area contributed by atoms with Gasteiger partial charge in [-0.3, -0.25) is 9.59 Å². The topological polar surface area (TPSA) is 75.0 Å². The minimum atomic E-state index is -0.625. The van der Waals surface area contributed by atoms with Gasteiger partial charge in [0.1, 0.15) is 0 Å². The lowest BCUT2D eigenvalue weighted by molar-refractivity contribution is 0.104. The van der Waals surface area contributed by atoms with Crippen molar-refractivity contribution in [3.05, 3.63) is 44.5 Å². The number of nitrogens with one attached hydrogen (secondary N) is 2. The molecule has 3 rings (SSSR count). The first kappa shape index (κ1) is 13.6. The summed E-state index contributed by atoms with van der Waals surface area (Å²) in [5, 5.41) is 0. The van der Waals surface area contributed by atoms with Crippen molar-refractivity contribution in [2.45, 2.75) is 30.2 Å². The Bertz CT molecular complexity index is 731. The summed E-state index contributed by atoms with van der Waals surface area (Å²) < 4.78 is 5.63. The summed E-state index contributed by atoms with van der Waals surface area (Å²) in [6, 6.07) is 5.65. The molecule has 106 valence electrons. The molecule has 1 saturated heterocycles. The van der Waals surface area contributed by atoms with Crippen molar-refractivity contribution in [3.63, 3.8) is 0 Å². The molecule has 1 aliphatic rings. The highest BCUT2D eigenvalue weighted by Gasteiger charge is 2.20. The Labute approximate surface area is 123 Å². The predicted octanol–water partition coefficient (Wildman–Crippen LogP) is 2.22. The van der Waals surface area contributed by atoms with Gasteiger partial charge in [-0.05, 0) is 37.0 Å². The fourth-order valence-corrected chi connectivity index (χ4v) is 3.23. The summed E-state index contributed by atoms with van der Waals surface area (Å²) in [4.78, 5) is 27.9. The van der Waals surface area contributed by atoms with E-state index < -0.39 is 11.1 Å². The van der Waals surface area contributed by atoms with Gasteiger partial charge in [0.2, 0.25) is 0 Å². The molecule has 5 nitrogen and oxygen atoms in total. The highest BCUT2D eigenvalue weighted by Crippen LogP contribution is 2.32. The van der Waals surface area contributed by atoms with Crippen LogP contribution in [0.5, 0.6) is 0 Å². The van der Waals surface area contributed by atoms with Gasteiger partial charge in [0.05, 0.1) is 17.1 Å². The summed E-state index contributed by atoms with van der Waals surface area (Å²) in [6.45, 7) is 0.844. The van der Waals surface area contributed by atoms with E-state index in [-0.39, 0.29) is 4.83 Å². The molecule has 2 aromatic rings. The molecule has 2 N–H and O–H groups in total. The molecule has 6 heteroatoms. The van der Waals surface area contributed by atoms with Crippen LogP contribution in [0.2, 0.25) is 0 Å². The smallest absolute Gasteiger partial charge is 0.314 e. The third-order valence-corrected chi connectivity index (χ3v) is 4.50. The van der Waals surface area contributed by atoms with E-state index in [1.165, 1.54) is 0 Å². The van der Waals surface area contributed by atoms with Crippen molar-refractivity contribution in [1.82, 2.24) is 9.97 Å². The molecular weight excluding hydrogens is 324 g/mol. The van der Waals surface area contributed by atoms with Crippen LogP contribution in [0.25, 0.3) is 11.0 Å². The van der Waals surface area contributed by atoms with E-state index in [1.807, 2.05) is 18.2 Å². The first-order valence-electron chi connectivity index (χ1n) is 6.65. The zero-order chi connectivity index (χ0) is 14.1. The van der Waals surface area contributed by atoms with Crippen LogP contribution in [0.1, 0.15) is 29.7 Å². The molecule has 1 fully saturated rings. The van der Waals surface area contributed by atoms with E-state index >= 15 is 0 Å². The Morgan fingerprint density at radius 1 is 1.25 bits per heavy atom. The number of halogens is 1. The van der Waals surface area contributed by atoms with Crippen LogP contribution in [0.15, 0.2) is 27.8 Å². The molecular formula is C14H15BrN2O3. The molecule has 0 radical (unpaired) electrons. The fraction of sp³-hybridized carbons (Fsp3) is 0.429. The first-order valence-corrected chi connectivity index (χ1v) is 7.57. The lowest BCUT2D eigenvalue weighted by Gasteiger charge is -2.15. The largest absolute Gasteiger partial charge is 0.378 e. The van der Waals surface area contributed by atoms with Gasteiger partial charge >= 0.3 is 11.1 Å². The summed E-state index contributed by atoms with van der Waals surface area (Å²) in [6.07, 6.45) is 3.42. The van der Waals surface area contributed by atoms with Gasteiger partial charge in [0.25, 0.3) is 0 Å². The number of aromatic nitrogens is 2. The number of rotatable bonds is 3. The van der Waals surface area contributed by atoms with Crippen molar-refractivity contribution in [2.24, 2.45) is 0 Å². The van der Waals surface area contributed by atoms with Gasteiger partial charge in [-0.15, -0.1) is 0 Å². The average Bonchev–Trinajstić information content (AvgIpc) is 2.92. The molecule has 0 amide bonds. The van der Waals surface area contributed by atoms with Gasteiger partial charge in [0, 0.05) is 11.4 Å². The monoisotopic (exact) mass is 338 g/mol. The lowest BCUT2D eigenvalue weighted by Crippen LogP contribution is -2.28. The van der Waals surface area contributed by atoms with E-state index in [2.05, 4.69) is 25.9 Å². The Morgan fingerprint density at radius 3 is 2.70 bits per heavy atom. The molecule has 1 aromatic heterocycles. The SMILES string of the molecule is O=c1[nH]c2ccc(C(Br)CC3CCCO3)cc2[nH]c1=O. The van der Waals surface area contributed by atoms with E-state index in [1.54, 1.807) is 0 Å². The number of fused-ring (bicyclic) bond motifs is 1. The second-order valence-corrected chi connectivity index (χ2v) is 6.16. The highest BCUT2D eigenvalue weighted by atomic mass is 79.9. The van der Waals surface area contributed by atoms with E-state index in [4.69, 9.17) is 4.74 Å². The zero-order valence-corrected chi connectivity index (χ0v) is 12.4. The Kier molecular flexibility index (Phi) is 3.76. The average molecular weight is 339 g/mol. The number of hydrogen-bond acceptors (Lipinski definition) is 3. The number of aromatic amines is 2. The number of benzene rings is 1. The van der Waals surface area contributed by atoms with Gasteiger partial charge < -0.3 is 14.7 Å². The van der Waals surface area contributed by atoms with E-state index in [9.17, 15) is 9.59 Å².